The van der Waals surface area contributed by atoms with E-state index in [0.717, 1.165) is 11.1 Å². The number of rotatable bonds is 27. The molecule has 3 fully saturated rings. The van der Waals surface area contributed by atoms with Gasteiger partial charge in [0.05, 0.1) is 76.7 Å². The maximum absolute atomic E-state index is 16.4. The van der Waals surface area contributed by atoms with Crippen LogP contribution in [0.25, 0.3) is 0 Å². The normalized spacial score (nSPS) is 17.9. The Labute approximate surface area is 526 Å². The molecule has 1 aliphatic carbocycles. The molecule has 2 bridgehead atoms. The van der Waals surface area contributed by atoms with Crippen molar-refractivity contribution >= 4 is 47.5 Å². The second kappa shape index (κ2) is 30.7. The minimum absolute atomic E-state index is 0.0598. The number of hydrogen-bond acceptors (Lipinski definition) is 24. The van der Waals surface area contributed by atoms with Gasteiger partial charge >= 0.3 is 18.3 Å². The number of piperidine rings is 1. The number of halogens is 2. The van der Waals surface area contributed by atoms with Gasteiger partial charge in [0, 0.05) is 49.8 Å². The first-order valence-corrected chi connectivity index (χ1v) is 29.2. The number of aryl methyl sites for hydroxylation is 1. The number of amides is 3. The average Bonchev–Trinajstić information content (AvgIpc) is 0.890. The van der Waals surface area contributed by atoms with Gasteiger partial charge in [-0.05, 0) is 140 Å². The van der Waals surface area contributed by atoms with E-state index in [0.29, 0.717) is 62.2 Å². The fourth-order valence-electron chi connectivity index (χ4n) is 10.9. The highest BCUT2D eigenvalue weighted by Gasteiger charge is 2.62. The predicted octanol–water partition coefficient (Wildman–Crippen LogP) is 10.4. The molecular formula is C61H67Cl2N7O20. The van der Waals surface area contributed by atoms with E-state index < -0.39 is 57.9 Å². The summed E-state index contributed by atoms with van der Waals surface area (Å²) in [6.45, 7) is 4.78. The zero-order valence-electron chi connectivity index (χ0n) is 49.0. The number of benzene rings is 5. The van der Waals surface area contributed by atoms with Crippen LogP contribution in [0.1, 0.15) is 77.5 Å². The lowest BCUT2D eigenvalue weighted by Gasteiger charge is -2.59. The third-order valence-corrected chi connectivity index (χ3v) is 15.9. The van der Waals surface area contributed by atoms with Crippen LogP contribution in [-0.2, 0) is 50.4 Å². The maximum atomic E-state index is 16.4. The van der Waals surface area contributed by atoms with Crippen molar-refractivity contribution in [2.24, 2.45) is 5.41 Å². The van der Waals surface area contributed by atoms with E-state index in [2.05, 4.69) is 9.82 Å². The molecule has 4 atom stereocenters. The van der Waals surface area contributed by atoms with Gasteiger partial charge in [-0.1, -0.05) is 71.7 Å². The minimum atomic E-state index is -1.54. The van der Waals surface area contributed by atoms with Gasteiger partial charge in [0.1, 0.15) is 36.2 Å². The molecule has 5 aromatic carbocycles. The molecule has 6 aromatic rings. The monoisotopic (exact) mass is 1290 g/mol. The van der Waals surface area contributed by atoms with E-state index in [1.807, 2.05) is 30.9 Å². The summed E-state index contributed by atoms with van der Waals surface area (Å²) in [6, 6.07) is 29.2. The van der Waals surface area contributed by atoms with Crippen LogP contribution in [0.2, 0.25) is 10.0 Å². The van der Waals surface area contributed by atoms with Crippen molar-refractivity contribution in [1.29, 1.82) is 0 Å². The second-order valence-electron chi connectivity index (χ2n) is 21.6. The first-order chi connectivity index (χ1) is 43.2. The first kappa shape index (κ1) is 66.4. The number of aromatic nitrogens is 1. The van der Waals surface area contributed by atoms with Crippen LogP contribution in [0.3, 0.4) is 0 Å². The molecule has 1 aromatic heterocycles. The lowest BCUT2D eigenvalue weighted by molar-refractivity contribution is -0.497. The molecule has 3 amide bonds. The third-order valence-electron chi connectivity index (χ3n) is 15.4. The largest absolute Gasteiger partial charge is 0.513 e. The molecule has 480 valence electrons. The van der Waals surface area contributed by atoms with Gasteiger partial charge in [-0.25, -0.2) is 33.9 Å². The zero-order valence-corrected chi connectivity index (χ0v) is 50.6. The SMILES string of the molecule is Cc1cc(Cl)c(OCCOc2ccc(C3CC4CN(C(=O)Oc5cccc(CON(O)O)c5)CC(N4C(=O)Oc4cccc(CON(O)O)c4)C3(C)C(=O)N(Cc3ccnc(OCCCOC(=O)Oc4cccc(CON(O)O)c4)c3C)C3CC3)cc2)c(Cl)c1. The third kappa shape index (κ3) is 17.5. The van der Waals surface area contributed by atoms with Crippen LogP contribution in [0.5, 0.6) is 34.6 Å². The highest BCUT2D eigenvalue weighted by Crippen LogP contribution is 2.53. The van der Waals surface area contributed by atoms with Gasteiger partial charge in [-0.2, -0.15) is 0 Å². The fraction of sp³-hybridized carbons (Fsp3) is 0.361. The van der Waals surface area contributed by atoms with Gasteiger partial charge in [0.15, 0.2) is 5.75 Å². The second-order valence-corrected chi connectivity index (χ2v) is 22.4. The van der Waals surface area contributed by atoms with Crippen LogP contribution in [0, 0.1) is 19.3 Å². The summed E-state index contributed by atoms with van der Waals surface area (Å²) in [5.41, 5.74) is 2.76. The van der Waals surface area contributed by atoms with E-state index in [1.54, 1.807) is 79.9 Å². The van der Waals surface area contributed by atoms with E-state index >= 15 is 9.59 Å². The molecule has 90 heavy (non-hydrogen) atoms. The number of hydrogen-bond donors (Lipinski definition) is 6. The Morgan fingerprint density at radius 2 is 1.19 bits per heavy atom. The Kier molecular flexibility index (Phi) is 22.7. The van der Waals surface area contributed by atoms with Crippen LogP contribution < -0.4 is 28.4 Å². The molecule has 6 N–H and O–H groups in total. The fourth-order valence-corrected chi connectivity index (χ4v) is 11.7. The van der Waals surface area contributed by atoms with Crippen LogP contribution in [0.4, 0.5) is 14.4 Å². The summed E-state index contributed by atoms with van der Waals surface area (Å²) in [5.74, 6) is 0.510. The molecule has 29 heteroatoms. The number of fused-ring (bicyclic) bond motifs is 2. The topological polar surface area (TPSA) is 314 Å². The maximum Gasteiger partial charge on any atom is 0.513 e. The number of carbonyl (C=O) groups excluding carboxylic acids is 4. The lowest BCUT2D eigenvalue weighted by atomic mass is 9.60. The van der Waals surface area contributed by atoms with Crippen molar-refractivity contribution in [3.8, 4) is 34.6 Å². The molecule has 2 aliphatic heterocycles. The summed E-state index contributed by atoms with van der Waals surface area (Å²) in [5, 5.41) is 53.9. The Hall–Kier alpha value is -7.97. The van der Waals surface area contributed by atoms with Gasteiger partial charge < -0.3 is 43.0 Å². The molecule has 3 heterocycles. The van der Waals surface area contributed by atoms with E-state index in [9.17, 15) is 20.0 Å². The van der Waals surface area contributed by atoms with Gasteiger partial charge in [-0.3, -0.25) is 40.9 Å². The highest BCUT2D eigenvalue weighted by atomic mass is 35.5. The summed E-state index contributed by atoms with van der Waals surface area (Å²) >= 11 is 12.8. The summed E-state index contributed by atoms with van der Waals surface area (Å²) in [4.78, 5) is 82.0. The smallest absolute Gasteiger partial charge is 0.490 e. The summed E-state index contributed by atoms with van der Waals surface area (Å²) in [7, 11) is 0. The van der Waals surface area contributed by atoms with Crippen molar-refractivity contribution in [1.82, 2.24) is 35.9 Å². The number of likely N-dealkylation sites (tertiary alicyclic amines) is 1. The average molecular weight is 1290 g/mol. The standard InChI is InChI=1S/C61H67Cl2N7O20/c1-38-26-52(62)55(53(63)27-38)82-25-24-81-47-18-14-43(15-19-47)51-31-46-33-65(58(72)88-48-11-4-8-40(28-48)35-85-68(75)76)34-54(67(46)59(73)89-49-12-5-9-41(29-49)36-86-69(77)78)61(51,3)57(71)66(45-16-17-45)32-44-20-21-64-56(39(44)2)83-22-7-23-84-60(74)90-50-13-6-10-42(30-50)37-87-70(79)80/h4-6,8-15,18-21,26-30,45-46,51,54,75-80H,7,16-17,22-25,31-37H2,1-3H3. The van der Waals surface area contributed by atoms with Crippen molar-refractivity contribution in [3.63, 3.8) is 0 Å². The Bertz CT molecular complexity index is 3430. The van der Waals surface area contributed by atoms with Crippen molar-refractivity contribution in [3.05, 3.63) is 170 Å². The Morgan fingerprint density at radius 3 is 1.76 bits per heavy atom. The van der Waals surface area contributed by atoms with Crippen molar-refractivity contribution < 1.29 is 98.1 Å². The van der Waals surface area contributed by atoms with E-state index in [1.165, 1.54) is 46.2 Å². The molecule has 0 spiro atoms. The van der Waals surface area contributed by atoms with E-state index in [4.69, 9.17) is 86.9 Å². The molecule has 0 radical (unpaired) electrons. The van der Waals surface area contributed by atoms with Gasteiger partial charge in [0.2, 0.25) is 11.8 Å². The molecule has 2 saturated heterocycles. The number of nitrogens with zero attached hydrogens (tertiary/aromatic N) is 7. The molecule has 27 nitrogen and oxygen atoms in total. The Morgan fingerprint density at radius 1 is 0.633 bits per heavy atom. The zero-order chi connectivity index (χ0) is 64.1. The van der Waals surface area contributed by atoms with Crippen LogP contribution in [0.15, 0.2) is 121 Å². The predicted molar refractivity (Wildman–Crippen MR) is 312 cm³/mol. The first-order valence-electron chi connectivity index (χ1n) is 28.4. The highest BCUT2D eigenvalue weighted by molar-refractivity contribution is 6.37. The lowest BCUT2D eigenvalue weighted by Crippen LogP contribution is -2.73. The minimum Gasteiger partial charge on any atom is -0.490 e. The van der Waals surface area contributed by atoms with Crippen LogP contribution >= 0.6 is 23.2 Å². The number of carbonyl (C=O) groups is 4. The Balaban J connectivity index is 0.987. The number of piperazine rings is 1. The summed E-state index contributed by atoms with van der Waals surface area (Å²) < 4.78 is 40.7. The van der Waals surface area contributed by atoms with Crippen LogP contribution in [-0.4, -0.2) is 149 Å². The van der Waals surface area contributed by atoms with Crippen molar-refractivity contribution in [2.75, 3.05) is 39.5 Å². The quantitative estimate of drug-likeness (QED) is 0.0121. The number of ether oxygens (including phenoxy) is 7. The summed E-state index contributed by atoms with van der Waals surface area (Å²) in [6.07, 6.45) is 0.712. The van der Waals surface area contributed by atoms with Crippen molar-refractivity contribution in [2.45, 2.75) is 96.9 Å². The molecule has 1 saturated carbocycles. The molecule has 3 aliphatic rings. The molecule has 4 unspecified atom stereocenters. The van der Waals surface area contributed by atoms with Gasteiger partial charge in [0.25, 0.3) is 0 Å². The molecule has 9 rings (SSSR count). The van der Waals surface area contributed by atoms with Gasteiger partial charge in [-0.15, -0.1) is 0 Å². The number of pyridine rings is 1. The molecular weight excluding hydrogens is 1220 g/mol. The van der Waals surface area contributed by atoms with E-state index in [-0.39, 0.29) is 114 Å².